The molecule has 0 aliphatic carbocycles. The van der Waals surface area contributed by atoms with Crippen molar-refractivity contribution in [3.8, 4) is 0 Å². The summed E-state index contributed by atoms with van der Waals surface area (Å²) in [5.41, 5.74) is 2.65. The molecule has 4 rings (SSSR count). The van der Waals surface area contributed by atoms with Gasteiger partial charge in [-0.15, -0.1) is 0 Å². The smallest absolute Gasteiger partial charge is 0.275 e. The van der Waals surface area contributed by atoms with E-state index in [1.807, 2.05) is 50.5 Å². The van der Waals surface area contributed by atoms with Crippen LogP contribution < -0.4 is 10.2 Å². The van der Waals surface area contributed by atoms with E-state index >= 15 is 0 Å². The second-order valence-electron chi connectivity index (χ2n) is 8.68. The number of carbonyl (C=O) groups excluding carboxylic acids is 2. The van der Waals surface area contributed by atoms with E-state index in [2.05, 4.69) is 10.2 Å². The standard InChI is InChI=1S/C28H27Cl2N3O2/c1-32(2)17-7-16-31-25-24(27(34)20-8-4-3-5-9-20)26(19-12-14-21(29)15-13-19)33(28(25)35)23-11-6-10-22(30)18-23/h3-6,8-15,18,26,31H,7,16-17H2,1-2H3. The largest absolute Gasteiger partial charge is 0.380 e. The van der Waals surface area contributed by atoms with Crippen LogP contribution in [0.2, 0.25) is 10.0 Å². The zero-order valence-electron chi connectivity index (χ0n) is 19.7. The van der Waals surface area contributed by atoms with E-state index in [1.54, 1.807) is 47.4 Å². The fourth-order valence-electron chi connectivity index (χ4n) is 4.23. The SMILES string of the molecule is CN(C)CCCNC1=C(C(=O)c2ccccc2)C(c2ccc(Cl)cc2)N(c2cccc(Cl)c2)C1=O. The van der Waals surface area contributed by atoms with Crippen molar-refractivity contribution in [1.82, 2.24) is 10.2 Å². The average molecular weight is 508 g/mol. The molecule has 5 nitrogen and oxygen atoms in total. The summed E-state index contributed by atoms with van der Waals surface area (Å²) in [6.07, 6.45) is 0.819. The molecule has 0 spiro atoms. The van der Waals surface area contributed by atoms with Gasteiger partial charge < -0.3 is 10.2 Å². The van der Waals surface area contributed by atoms with E-state index in [9.17, 15) is 9.59 Å². The Balaban J connectivity index is 1.85. The molecule has 1 atom stereocenters. The molecule has 1 aliphatic heterocycles. The molecule has 1 unspecified atom stereocenters. The molecular weight excluding hydrogens is 481 g/mol. The molecule has 0 saturated heterocycles. The van der Waals surface area contributed by atoms with Crippen molar-refractivity contribution in [2.24, 2.45) is 0 Å². The topological polar surface area (TPSA) is 52.7 Å². The molecule has 0 fully saturated rings. The van der Waals surface area contributed by atoms with Crippen LogP contribution in [0.4, 0.5) is 5.69 Å². The summed E-state index contributed by atoms with van der Waals surface area (Å²) in [5, 5.41) is 4.38. The molecule has 7 heteroatoms. The summed E-state index contributed by atoms with van der Waals surface area (Å²) in [6.45, 7) is 1.41. The Labute approximate surface area is 215 Å². The summed E-state index contributed by atoms with van der Waals surface area (Å²) in [4.78, 5) is 31.5. The number of ketones is 1. The number of rotatable bonds is 9. The molecule has 0 saturated carbocycles. The normalized spacial score (nSPS) is 15.7. The van der Waals surface area contributed by atoms with Gasteiger partial charge in [0.05, 0.1) is 11.6 Å². The third kappa shape index (κ3) is 5.59. The van der Waals surface area contributed by atoms with Crippen LogP contribution in [0, 0.1) is 0 Å². The summed E-state index contributed by atoms with van der Waals surface area (Å²) in [7, 11) is 4.00. The molecule has 1 amide bonds. The number of hydrogen-bond acceptors (Lipinski definition) is 4. The van der Waals surface area contributed by atoms with Crippen LogP contribution in [0.1, 0.15) is 28.4 Å². The number of halogens is 2. The number of hydrogen-bond donors (Lipinski definition) is 1. The van der Waals surface area contributed by atoms with Crippen LogP contribution in [-0.4, -0.2) is 43.8 Å². The molecule has 1 N–H and O–H groups in total. The molecule has 35 heavy (non-hydrogen) atoms. The van der Waals surface area contributed by atoms with Crippen molar-refractivity contribution in [2.45, 2.75) is 12.5 Å². The molecule has 0 aromatic heterocycles. The number of benzene rings is 3. The second kappa shape index (κ2) is 11.1. The minimum atomic E-state index is -0.637. The average Bonchev–Trinajstić information content (AvgIpc) is 3.14. The van der Waals surface area contributed by atoms with Crippen molar-refractivity contribution >= 4 is 40.6 Å². The highest BCUT2D eigenvalue weighted by molar-refractivity contribution is 6.31. The van der Waals surface area contributed by atoms with Gasteiger partial charge in [-0.3, -0.25) is 14.5 Å². The summed E-state index contributed by atoms with van der Waals surface area (Å²) < 4.78 is 0. The number of nitrogens with zero attached hydrogens (tertiary/aromatic N) is 2. The van der Waals surface area contributed by atoms with Gasteiger partial charge in [-0.2, -0.15) is 0 Å². The first-order valence-electron chi connectivity index (χ1n) is 11.4. The number of nitrogens with one attached hydrogen (secondary N) is 1. The maximum Gasteiger partial charge on any atom is 0.275 e. The van der Waals surface area contributed by atoms with Crippen LogP contribution in [0.3, 0.4) is 0 Å². The third-order valence-electron chi connectivity index (χ3n) is 5.87. The number of Topliss-reactive ketones (excluding diaryl/α,β-unsaturated/α-hetero) is 1. The fourth-order valence-corrected chi connectivity index (χ4v) is 4.54. The summed E-state index contributed by atoms with van der Waals surface area (Å²) in [5.74, 6) is -0.463. The Bertz CT molecular complexity index is 1240. The predicted octanol–water partition coefficient (Wildman–Crippen LogP) is 5.76. The molecule has 3 aromatic rings. The lowest BCUT2D eigenvalue weighted by molar-refractivity contribution is -0.115. The maximum absolute atomic E-state index is 13.9. The van der Waals surface area contributed by atoms with E-state index in [-0.39, 0.29) is 11.7 Å². The Kier molecular flexibility index (Phi) is 7.91. The highest BCUT2D eigenvalue weighted by Gasteiger charge is 2.44. The predicted molar refractivity (Wildman–Crippen MR) is 142 cm³/mol. The lowest BCUT2D eigenvalue weighted by Crippen LogP contribution is -2.33. The first-order valence-corrected chi connectivity index (χ1v) is 12.2. The molecule has 1 aliphatic rings. The molecule has 1 heterocycles. The Morgan fingerprint density at radius 2 is 1.66 bits per heavy atom. The van der Waals surface area contributed by atoms with Gasteiger partial charge >= 0.3 is 0 Å². The van der Waals surface area contributed by atoms with Crippen molar-refractivity contribution in [3.63, 3.8) is 0 Å². The molecule has 0 bridgehead atoms. The first-order chi connectivity index (χ1) is 16.9. The maximum atomic E-state index is 13.9. The van der Waals surface area contributed by atoms with E-state index in [0.717, 1.165) is 18.5 Å². The van der Waals surface area contributed by atoms with Gasteiger partial charge in [0, 0.05) is 27.8 Å². The van der Waals surface area contributed by atoms with Crippen molar-refractivity contribution in [1.29, 1.82) is 0 Å². The lowest BCUT2D eigenvalue weighted by atomic mass is 9.92. The van der Waals surface area contributed by atoms with Crippen molar-refractivity contribution < 1.29 is 9.59 Å². The minimum Gasteiger partial charge on any atom is -0.380 e. The van der Waals surface area contributed by atoms with Gasteiger partial charge in [0.2, 0.25) is 0 Å². The van der Waals surface area contributed by atoms with E-state index < -0.39 is 6.04 Å². The van der Waals surface area contributed by atoms with Gasteiger partial charge in [0.15, 0.2) is 5.78 Å². The van der Waals surface area contributed by atoms with Gasteiger partial charge in [0.1, 0.15) is 5.70 Å². The number of carbonyl (C=O) groups is 2. The Morgan fingerprint density at radius 3 is 2.31 bits per heavy atom. The Morgan fingerprint density at radius 1 is 0.943 bits per heavy atom. The first kappa shape index (κ1) is 25.0. The number of anilines is 1. The van der Waals surface area contributed by atoms with Crippen LogP contribution >= 0.6 is 23.2 Å². The lowest BCUT2D eigenvalue weighted by Gasteiger charge is -2.27. The summed E-state index contributed by atoms with van der Waals surface area (Å²) >= 11 is 12.5. The highest BCUT2D eigenvalue weighted by Crippen LogP contribution is 2.42. The van der Waals surface area contributed by atoms with Gasteiger partial charge in [-0.1, -0.05) is 71.7 Å². The quantitative estimate of drug-likeness (QED) is 0.295. The fraction of sp³-hybridized carbons (Fsp3) is 0.214. The molecular formula is C28H27Cl2N3O2. The number of amides is 1. The molecule has 180 valence electrons. The monoisotopic (exact) mass is 507 g/mol. The highest BCUT2D eigenvalue weighted by atomic mass is 35.5. The third-order valence-corrected chi connectivity index (χ3v) is 6.36. The minimum absolute atomic E-state index is 0.196. The van der Waals surface area contributed by atoms with E-state index in [0.29, 0.717) is 39.1 Å². The van der Waals surface area contributed by atoms with Crippen molar-refractivity contribution in [2.75, 3.05) is 32.1 Å². The molecule has 0 radical (unpaired) electrons. The summed E-state index contributed by atoms with van der Waals surface area (Å²) in [6, 6.07) is 22.8. The van der Waals surface area contributed by atoms with Crippen LogP contribution in [0.25, 0.3) is 0 Å². The Hall–Kier alpha value is -3.12. The van der Waals surface area contributed by atoms with Gasteiger partial charge in [-0.25, -0.2) is 0 Å². The zero-order chi connectivity index (χ0) is 24.9. The zero-order valence-corrected chi connectivity index (χ0v) is 21.2. The van der Waals surface area contributed by atoms with Crippen LogP contribution in [0.15, 0.2) is 90.1 Å². The van der Waals surface area contributed by atoms with E-state index in [1.165, 1.54) is 0 Å². The van der Waals surface area contributed by atoms with Gasteiger partial charge in [-0.05, 0) is 63.0 Å². The molecule has 3 aromatic carbocycles. The van der Waals surface area contributed by atoms with Crippen LogP contribution in [0.5, 0.6) is 0 Å². The van der Waals surface area contributed by atoms with E-state index in [4.69, 9.17) is 23.2 Å². The van der Waals surface area contributed by atoms with Crippen LogP contribution in [-0.2, 0) is 4.79 Å². The van der Waals surface area contributed by atoms with Gasteiger partial charge in [0.25, 0.3) is 5.91 Å². The van der Waals surface area contributed by atoms with Crippen molar-refractivity contribution in [3.05, 3.63) is 111 Å². The second-order valence-corrected chi connectivity index (χ2v) is 9.55.